The summed E-state index contributed by atoms with van der Waals surface area (Å²) >= 11 is 0. The number of hydrogen-bond acceptors (Lipinski definition) is 3. The first kappa shape index (κ1) is 12.9. The maximum absolute atomic E-state index is 12.9. The quantitative estimate of drug-likeness (QED) is 0.783. The second-order valence-electron chi connectivity index (χ2n) is 4.25. The molecule has 0 aliphatic heterocycles. The lowest BCUT2D eigenvalue weighted by Crippen LogP contribution is -2.19. The molecule has 1 heterocycles. The summed E-state index contributed by atoms with van der Waals surface area (Å²) in [7, 11) is 0. The van der Waals surface area contributed by atoms with E-state index >= 15 is 0 Å². The summed E-state index contributed by atoms with van der Waals surface area (Å²) in [5, 5.41) is 3.66. The second-order valence-corrected chi connectivity index (χ2v) is 4.25. The second kappa shape index (κ2) is 4.62. The van der Waals surface area contributed by atoms with Crippen LogP contribution >= 0.6 is 0 Å². The number of halogens is 3. The van der Waals surface area contributed by atoms with Gasteiger partial charge in [-0.3, -0.25) is 4.68 Å². The Hall–Kier alpha value is -1.53. The van der Waals surface area contributed by atoms with Gasteiger partial charge < -0.3 is 4.74 Å². The van der Waals surface area contributed by atoms with Gasteiger partial charge >= 0.3 is 12.1 Å². The first-order chi connectivity index (χ1) is 8.43. The van der Waals surface area contributed by atoms with E-state index < -0.39 is 23.4 Å². The summed E-state index contributed by atoms with van der Waals surface area (Å²) in [4.78, 5) is 11.5. The van der Waals surface area contributed by atoms with Crippen LogP contribution in [0.25, 0.3) is 0 Å². The summed E-state index contributed by atoms with van der Waals surface area (Å²) in [6.07, 6.45) is -1.85. The fourth-order valence-corrected chi connectivity index (χ4v) is 1.73. The molecule has 1 aliphatic carbocycles. The predicted molar refractivity (Wildman–Crippen MR) is 55.9 cm³/mol. The van der Waals surface area contributed by atoms with E-state index in [2.05, 4.69) is 9.84 Å². The van der Waals surface area contributed by atoms with Gasteiger partial charge in [0.25, 0.3) is 0 Å². The van der Waals surface area contributed by atoms with Gasteiger partial charge in [0.1, 0.15) is 5.56 Å². The van der Waals surface area contributed by atoms with E-state index in [1.54, 1.807) is 6.92 Å². The van der Waals surface area contributed by atoms with Crippen molar-refractivity contribution in [3.63, 3.8) is 0 Å². The molecule has 0 spiro atoms. The number of carbonyl (C=O) groups is 1. The monoisotopic (exact) mass is 262 g/mol. The summed E-state index contributed by atoms with van der Waals surface area (Å²) < 4.78 is 44.3. The number of nitrogens with zero attached hydrogens (tertiary/aromatic N) is 2. The molecule has 100 valence electrons. The number of ether oxygens (including phenoxy) is 1. The molecule has 1 aliphatic rings. The smallest absolute Gasteiger partial charge is 0.433 e. The minimum atomic E-state index is -4.60. The Kier molecular flexibility index (Phi) is 3.32. The van der Waals surface area contributed by atoms with Gasteiger partial charge in [0.05, 0.1) is 12.8 Å². The highest BCUT2D eigenvalue weighted by molar-refractivity contribution is 5.90. The zero-order valence-corrected chi connectivity index (χ0v) is 9.83. The van der Waals surface area contributed by atoms with E-state index in [4.69, 9.17) is 0 Å². The molecule has 1 aromatic rings. The first-order valence-corrected chi connectivity index (χ1v) is 5.73. The Labute approximate surface area is 102 Å². The van der Waals surface area contributed by atoms with E-state index in [0.29, 0.717) is 0 Å². The molecule has 0 unspecified atom stereocenters. The van der Waals surface area contributed by atoms with Crippen LogP contribution in [0.5, 0.6) is 0 Å². The summed E-state index contributed by atoms with van der Waals surface area (Å²) in [6, 6.07) is 0. The Morgan fingerprint density at radius 1 is 1.56 bits per heavy atom. The molecule has 18 heavy (non-hydrogen) atoms. The topological polar surface area (TPSA) is 44.1 Å². The third-order valence-electron chi connectivity index (χ3n) is 2.73. The molecule has 4 nitrogen and oxygen atoms in total. The molecule has 0 radical (unpaired) electrons. The van der Waals surface area contributed by atoms with Gasteiger partial charge in [0, 0.05) is 6.54 Å². The van der Waals surface area contributed by atoms with Gasteiger partial charge in [-0.25, -0.2) is 4.79 Å². The summed E-state index contributed by atoms with van der Waals surface area (Å²) in [6.45, 7) is 1.78. The summed E-state index contributed by atoms with van der Waals surface area (Å²) in [5.74, 6) is -0.743. The zero-order valence-electron chi connectivity index (χ0n) is 9.83. The van der Waals surface area contributed by atoms with Crippen molar-refractivity contribution in [3.8, 4) is 0 Å². The SMILES string of the molecule is CCOC(=O)c1cnn(CC2CC2)c1C(F)(F)F. The van der Waals surface area contributed by atoms with Crippen LogP contribution in [0.4, 0.5) is 13.2 Å². The molecule has 0 aromatic carbocycles. The molecular formula is C11H13F3N2O2. The van der Waals surface area contributed by atoms with Gasteiger partial charge in [-0.15, -0.1) is 0 Å². The van der Waals surface area contributed by atoms with Crippen LogP contribution in [0.1, 0.15) is 35.8 Å². The third-order valence-corrected chi connectivity index (χ3v) is 2.73. The molecule has 0 saturated heterocycles. The van der Waals surface area contributed by atoms with Crippen molar-refractivity contribution < 1.29 is 22.7 Å². The molecule has 0 N–H and O–H groups in total. The van der Waals surface area contributed by atoms with Crippen molar-refractivity contribution >= 4 is 5.97 Å². The minimum Gasteiger partial charge on any atom is -0.462 e. The zero-order chi connectivity index (χ0) is 13.3. The van der Waals surface area contributed by atoms with E-state index in [1.165, 1.54) is 0 Å². The number of carbonyl (C=O) groups excluding carboxylic acids is 1. The van der Waals surface area contributed by atoms with Gasteiger partial charge in [0.15, 0.2) is 5.69 Å². The Bertz CT molecular complexity index is 450. The first-order valence-electron chi connectivity index (χ1n) is 5.73. The highest BCUT2D eigenvalue weighted by Gasteiger charge is 2.41. The lowest BCUT2D eigenvalue weighted by atomic mass is 10.2. The Morgan fingerprint density at radius 2 is 2.22 bits per heavy atom. The molecule has 0 atom stereocenters. The number of alkyl halides is 3. The van der Waals surface area contributed by atoms with Gasteiger partial charge in [-0.05, 0) is 25.7 Å². The molecule has 1 saturated carbocycles. The average molecular weight is 262 g/mol. The Morgan fingerprint density at radius 3 is 2.72 bits per heavy atom. The average Bonchev–Trinajstić information content (AvgIpc) is 2.94. The number of hydrogen-bond donors (Lipinski definition) is 0. The number of esters is 1. The maximum atomic E-state index is 12.9. The van der Waals surface area contributed by atoms with Crippen LogP contribution in [0.2, 0.25) is 0 Å². The molecule has 1 fully saturated rings. The lowest BCUT2D eigenvalue weighted by Gasteiger charge is -2.11. The van der Waals surface area contributed by atoms with Crippen LogP contribution in [-0.2, 0) is 17.5 Å². The van der Waals surface area contributed by atoms with Crippen LogP contribution in [0, 0.1) is 5.92 Å². The molecule has 0 amide bonds. The van der Waals surface area contributed by atoms with Crippen LogP contribution < -0.4 is 0 Å². The predicted octanol–water partition coefficient (Wildman–Crippen LogP) is 2.49. The third kappa shape index (κ3) is 2.65. The van der Waals surface area contributed by atoms with Crippen molar-refractivity contribution in [2.24, 2.45) is 5.92 Å². The highest BCUT2D eigenvalue weighted by atomic mass is 19.4. The molecule has 0 bridgehead atoms. The summed E-state index contributed by atoms with van der Waals surface area (Å²) in [5.41, 5.74) is -1.52. The van der Waals surface area contributed by atoms with Crippen LogP contribution in [0.3, 0.4) is 0 Å². The Balaban J connectivity index is 2.33. The van der Waals surface area contributed by atoms with Crippen molar-refractivity contribution in [2.75, 3.05) is 6.61 Å². The maximum Gasteiger partial charge on any atom is 0.433 e. The minimum absolute atomic E-state index is 0.0317. The largest absolute Gasteiger partial charge is 0.462 e. The van der Waals surface area contributed by atoms with E-state index in [0.717, 1.165) is 23.7 Å². The van der Waals surface area contributed by atoms with Gasteiger partial charge in [0.2, 0.25) is 0 Å². The number of aromatic nitrogens is 2. The molecular weight excluding hydrogens is 249 g/mol. The number of rotatable bonds is 4. The lowest BCUT2D eigenvalue weighted by molar-refractivity contribution is -0.144. The fraction of sp³-hybridized carbons (Fsp3) is 0.636. The highest BCUT2D eigenvalue weighted by Crippen LogP contribution is 2.36. The van der Waals surface area contributed by atoms with Gasteiger partial charge in [-0.2, -0.15) is 18.3 Å². The standard InChI is InChI=1S/C11H13F3N2O2/c1-2-18-10(17)8-5-15-16(6-7-3-4-7)9(8)11(12,13)14/h5,7H,2-4,6H2,1H3. The van der Waals surface area contributed by atoms with Crippen LogP contribution in [0.15, 0.2) is 6.20 Å². The van der Waals surface area contributed by atoms with Crippen molar-refractivity contribution in [1.82, 2.24) is 9.78 Å². The molecule has 7 heteroatoms. The van der Waals surface area contributed by atoms with Crippen molar-refractivity contribution in [1.29, 1.82) is 0 Å². The van der Waals surface area contributed by atoms with Crippen molar-refractivity contribution in [3.05, 3.63) is 17.5 Å². The van der Waals surface area contributed by atoms with E-state index in [9.17, 15) is 18.0 Å². The van der Waals surface area contributed by atoms with E-state index in [1.807, 2.05) is 0 Å². The normalized spacial score (nSPS) is 15.8. The fourth-order valence-electron chi connectivity index (χ4n) is 1.73. The van der Waals surface area contributed by atoms with E-state index in [-0.39, 0.29) is 19.1 Å². The van der Waals surface area contributed by atoms with Crippen LogP contribution in [-0.4, -0.2) is 22.4 Å². The molecule has 1 aromatic heterocycles. The van der Waals surface area contributed by atoms with Crippen molar-refractivity contribution in [2.45, 2.75) is 32.5 Å². The van der Waals surface area contributed by atoms with Gasteiger partial charge in [-0.1, -0.05) is 0 Å². The molecule has 2 rings (SSSR count).